The second-order valence-electron chi connectivity index (χ2n) is 4.38. The number of nitrogens with one attached hydrogen (secondary N) is 1. The summed E-state index contributed by atoms with van der Waals surface area (Å²) < 4.78 is 12.6. The molecule has 1 saturated heterocycles. The molecule has 1 fully saturated rings. The predicted octanol–water partition coefficient (Wildman–Crippen LogP) is 1.37. The maximum atomic E-state index is 5.37. The van der Waals surface area contributed by atoms with Gasteiger partial charge in [-0.3, -0.25) is 0 Å². The lowest BCUT2D eigenvalue weighted by molar-refractivity contribution is 0.0614. The topological polar surface area (TPSA) is 48.3 Å². The number of hydrogen-bond acceptors (Lipinski definition) is 4. The highest BCUT2D eigenvalue weighted by atomic mass is 16.5. The average molecular weight is 239 g/mol. The number of nitrogens with zero attached hydrogens (tertiary/aromatic N) is 2. The summed E-state index contributed by atoms with van der Waals surface area (Å²) in [6, 6.07) is 0. The minimum Gasteiger partial charge on any atom is -0.383 e. The van der Waals surface area contributed by atoms with Crippen molar-refractivity contribution < 1.29 is 9.47 Å². The molecule has 0 radical (unpaired) electrons. The number of imidazole rings is 1. The predicted molar refractivity (Wildman–Crippen MR) is 66.1 cm³/mol. The third kappa shape index (κ3) is 3.71. The summed E-state index contributed by atoms with van der Waals surface area (Å²) in [5.74, 6) is 1.65. The highest BCUT2D eigenvalue weighted by Gasteiger charge is 2.15. The van der Waals surface area contributed by atoms with Crippen LogP contribution in [0.1, 0.15) is 12.8 Å². The van der Waals surface area contributed by atoms with Gasteiger partial charge >= 0.3 is 0 Å². The van der Waals surface area contributed by atoms with E-state index in [2.05, 4.69) is 14.9 Å². The Kier molecular flexibility index (Phi) is 4.82. The lowest BCUT2D eigenvalue weighted by atomic mass is 10.0. The highest BCUT2D eigenvalue weighted by molar-refractivity contribution is 5.25. The van der Waals surface area contributed by atoms with Crippen LogP contribution in [0.2, 0.25) is 0 Å². The van der Waals surface area contributed by atoms with Gasteiger partial charge in [0.2, 0.25) is 5.95 Å². The quantitative estimate of drug-likeness (QED) is 0.762. The van der Waals surface area contributed by atoms with Crippen LogP contribution in [0, 0.1) is 5.92 Å². The summed E-state index contributed by atoms with van der Waals surface area (Å²) in [5.41, 5.74) is 0. The SMILES string of the molecule is COCCNc1nccn1CC1CCOCC1. The molecule has 1 N–H and O–H groups in total. The molecular formula is C12H21N3O2. The maximum absolute atomic E-state index is 5.37. The first kappa shape index (κ1) is 12.4. The number of methoxy groups -OCH3 is 1. The van der Waals surface area contributed by atoms with E-state index in [0.717, 1.165) is 45.1 Å². The third-order valence-corrected chi connectivity index (χ3v) is 3.10. The summed E-state index contributed by atoms with van der Waals surface area (Å²) >= 11 is 0. The van der Waals surface area contributed by atoms with E-state index in [0.29, 0.717) is 12.5 Å². The Morgan fingerprint density at radius 3 is 3.12 bits per heavy atom. The van der Waals surface area contributed by atoms with Gasteiger partial charge in [0.25, 0.3) is 0 Å². The van der Waals surface area contributed by atoms with Crippen LogP contribution in [0.15, 0.2) is 12.4 Å². The van der Waals surface area contributed by atoms with E-state index in [1.54, 1.807) is 7.11 Å². The van der Waals surface area contributed by atoms with Crippen LogP contribution in [0.3, 0.4) is 0 Å². The minimum absolute atomic E-state index is 0.699. The number of hydrogen-bond donors (Lipinski definition) is 1. The number of anilines is 1. The standard InChI is InChI=1S/C12H21N3O2/c1-16-9-5-14-12-13-4-6-15(12)10-11-2-7-17-8-3-11/h4,6,11H,2-3,5,7-10H2,1H3,(H,13,14). The van der Waals surface area contributed by atoms with Crippen molar-refractivity contribution in [3.8, 4) is 0 Å². The minimum atomic E-state index is 0.699. The van der Waals surface area contributed by atoms with Gasteiger partial charge in [-0.1, -0.05) is 0 Å². The van der Waals surface area contributed by atoms with Crippen molar-refractivity contribution >= 4 is 5.95 Å². The molecule has 5 heteroatoms. The second kappa shape index (κ2) is 6.61. The fourth-order valence-electron chi connectivity index (χ4n) is 2.10. The first-order valence-corrected chi connectivity index (χ1v) is 6.22. The van der Waals surface area contributed by atoms with Gasteiger partial charge in [-0.25, -0.2) is 4.98 Å². The van der Waals surface area contributed by atoms with E-state index >= 15 is 0 Å². The van der Waals surface area contributed by atoms with Crippen LogP contribution in [-0.4, -0.2) is 43.0 Å². The monoisotopic (exact) mass is 239 g/mol. The molecule has 2 heterocycles. The molecule has 0 amide bonds. The van der Waals surface area contributed by atoms with E-state index in [-0.39, 0.29) is 0 Å². The van der Waals surface area contributed by atoms with Crippen LogP contribution < -0.4 is 5.32 Å². The van der Waals surface area contributed by atoms with Gasteiger partial charge in [0.15, 0.2) is 0 Å². The van der Waals surface area contributed by atoms with Crippen LogP contribution in [-0.2, 0) is 16.0 Å². The second-order valence-corrected chi connectivity index (χ2v) is 4.38. The summed E-state index contributed by atoms with van der Waals surface area (Å²) in [6.07, 6.45) is 6.17. The average Bonchev–Trinajstić information content (AvgIpc) is 2.79. The Morgan fingerprint density at radius 1 is 1.53 bits per heavy atom. The van der Waals surface area contributed by atoms with Crippen LogP contribution in [0.5, 0.6) is 0 Å². The molecule has 0 atom stereocenters. The van der Waals surface area contributed by atoms with Gasteiger partial charge in [0.05, 0.1) is 6.61 Å². The van der Waals surface area contributed by atoms with E-state index in [1.165, 1.54) is 0 Å². The number of aromatic nitrogens is 2. The molecule has 0 aromatic carbocycles. The third-order valence-electron chi connectivity index (χ3n) is 3.10. The van der Waals surface area contributed by atoms with Crippen molar-refractivity contribution in [2.45, 2.75) is 19.4 Å². The first-order valence-electron chi connectivity index (χ1n) is 6.22. The zero-order chi connectivity index (χ0) is 11.9. The molecule has 0 saturated carbocycles. The van der Waals surface area contributed by atoms with Crippen molar-refractivity contribution in [3.63, 3.8) is 0 Å². The molecule has 1 aromatic heterocycles. The Balaban J connectivity index is 1.84. The summed E-state index contributed by atoms with van der Waals surface area (Å²) in [4.78, 5) is 4.32. The Morgan fingerprint density at radius 2 is 2.35 bits per heavy atom. The van der Waals surface area contributed by atoms with Crippen molar-refractivity contribution in [1.29, 1.82) is 0 Å². The van der Waals surface area contributed by atoms with Gasteiger partial charge in [-0.05, 0) is 18.8 Å². The van der Waals surface area contributed by atoms with Gasteiger partial charge in [-0.2, -0.15) is 0 Å². The van der Waals surface area contributed by atoms with Crippen molar-refractivity contribution in [3.05, 3.63) is 12.4 Å². The van der Waals surface area contributed by atoms with E-state index in [4.69, 9.17) is 9.47 Å². The molecule has 1 aliphatic rings. The van der Waals surface area contributed by atoms with Crippen molar-refractivity contribution in [2.24, 2.45) is 5.92 Å². The smallest absolute Gasteiger partial charge is 0.202 e. The molecule has 5 nitrogen and oxygen atoms in total. The van der Waals surface area contributed by atoms with E-state index < -0.39 is 0 Å². The van der Waals surface area contributed by atoms with Gasteiger partial charge < -0.3 is 19.4 Å². The largest absolute Gasteiger partial charge is 0.383 e. The van der Waals surface area contributed by atoms with Gasteiger partial charge in [-0.15, -0.1) is 0 Å². The van der Waals surface area contributed by atoms with E-state index in [9.17, 15) is 0 Å². The van der Waals surface area contributed by atoms with E-state index in [1.807, 2.05) is 12.4 Å². The fraction of sp³-hybridized carbons (Fsp3) is 0.750. The lowest BCUT2D eigenvalue weighted by Crippen LogP contribution is -2.21. The fourth-order valence-corrected chi connectivity index (χ4v) is 2.10. The molecule has 0 unspecified atom stereocenters. The maximum Gasteiger partial charge on any atom is 0.202 e. The molecular weight excluding hydrogens is 218 g/mol. The van der Waals surface area contributed by atoms with Crippen LogP contribution in [0.25, 0.3) is 0 Å². The molecule has 1 aromatic rings. The summed E-state index contributed by atoms with van der Waals surface area (Å²) in [5, 5.41) is 3.28. The zero-order valence-electron chi connectivity index (χ0n) is 10.4. The summed E-state index contributed by atoms with van der Waals surface area (Å²) in [6.45, 7) is 4.31. The molecule has 17 heavy (non-hydrogen) atoms. The van der Waals surface area contributed by atoms with Crippen LogP contribution >= 0.6 is 0 Å². The molecule has 96 valence electrons. The van der Waals surface area contributed by atoms with Crippen molar-refractivity contribution in [1.82, 2.24) is 9.55 Å². The van der Waals surface area contributed by atoms with Gasteiger partial charge in [0.1, 0.15) is 0 Å². The van der Waals surface area contributed by atoms with Gasteiger partial charge in [0, 0.05) is 45.8 Å². The Bertz CT molecular complexity index is 321. The molecule has 1 aliphatic heterocycles. The van der Waals surface area contributed by atoms with Crippen molar-refractivity contribution in [2.75, 3.05) is 38.8 Å². The highest BCUT2D eigenvalue weighted by Crippen LogP contribution is 2.18. The summed E-state index contributed by atoms with van der Waals surface area (Å²) in [7, 11) is 1.70. The number of rotatable bonds is 6. The normalized spacial score (nSPS) is 17.2. The molecule has 0 aliphatic carbocycles. The molecule has 0 bridgehead atoms. The Hall–Kier alpha value is -1.07. The zero-order valence-corrected chi connectivity index (χ0v) is 10.4. The number of ether oxygens (including phenoxy) is 2. The Labute approximate surface area is 102 Å². The first-order chi connectivity index (χ1) is 8.40. The molecule has 2 rings (SSSR count). The van der Waals surface area contributed by atoms with Crippen LogP contribution in [0.4, 0.5) is 5.95 Å². The molecule has 0 spiro atoms. The lowest BCUT2D eigenvalue weighted by Gasteiger charge is -2.23.